The van der Waals surface area contributed by atoms with Crippen molar-refractivity contribution in [3.8, 4) is 11.5 Å². The Morgan fingerprint density at radius 2 is 0.528 bits per heavy atom. The van der Waals surface area contributed by atoms with Gasteiger partial charge in [0.25, 0.3) is 0 Å². The number of para-hydroxylation sites is 2. The standard InChI is InChI=1S/C30H34N4O4S.C30H34N4O3S.C26H26N4O2S.C26H26N4OS/c31-25(20-22-6-2-1-3-7-22)30(36)38-19-18-37-17-16-33-12-14-34(15-13-33)29-24-8-4-5-9-27(24)39-28-21-23(35)10-11-26(28)32-29;31-25(22-23-8-2-1-3-9-23)30(35)37-21-20-36-19-18-33-14-16-34(17-15-33)29-24-10-4-6-12-27(24)38-28-13-7-5-11-26(28)32-29;27-21(16-18-6-2-1-3-7-18)26(32)30-14-12-29(13-15-30)25-20-8-4-5-9-23(20)33-24-17-19(31)10-11-22(24)28-25;27-21(18-19-8-2-1-3-9-19)26(31)30-16-14-29(15-17-30)25-20-10-4-6-12-23(20)32-24-13-7-5-11-22(24)28-25/h1-11,21,25,35H,12-20,31H2;1-13,25H,14-22,31H2;1-11,17,21,31H,12-16,27H2;1-13,21H,14-18,27H2. The molecule has 8 aliphatic heterocycles. The number of amidine groups is 4. The van der Waals surface area contributed by atoms with Gasteiger partial charge in [-0.05, 0) is 133 Å². The summed E-state index contributed by atoms with van der Waals surface area (Å²) in [4.78, 5) is 97.1. The molecule has 4 unspecified atom stereocenters. The fraction of sp³-hybridized carbons (Fsp3) is 0.286. The van der Waals surface area contributed by atoms with E-state index in [9.17, 15) is 29.4 Å². The van der Waals surface area contributed by atoms with Gasteiger partial charge in [0, 0.05) is 179 Å². The van der Waals surface area contributed by atoms with Crippen LogP contribution in [-0.2, 0) is 63.8 Å². The van der Waals surface area contributed by atoms with Gasteiger partial charge in [0.15, 0.2) is 0 Å². The number of benzene rings is 12. The maximum atomic E-state index is 13.0. The molecule has 4 fully saturated rings. The Bertz CT molecular complexity index is 6400. The average molecular weight is 1980 g/mol. The molecular formula is C112H120N16O10S4. The number of fused-ring (bicyclic) bond motifs is 8. The third-order valence-electron chi connectivity index (χ3n) is 25.5. The highest BCUT2D eigenvalue weighted by Gasteiger charge is 2.35. The maximum absolute atomic E-state index is 13.0. The normalized spacial score (nSPS) is 16.2. The van der Waals surface area contributed by atoms with Crippen molar-refractivity contribution in [3.63, 3.8) is 0 Å². The minimum Gasteiger partial charge on any atom is -0.508 e. The molecule has 0 aromatic heterocycles. The highest BCUT2D eigenvalue weighted by Crippen LogP contribution is 2.46. The lowest BCUT2D eigenvalue weighted by Crippen LogP contribution is -2.54. The number of carbonyl (C=O) groups excluding carboxylic acids is 4. The second-order valence-corrected chi connectivity index (χ2v) is 39.7. The summed E-state index contributed by atoms with van der Waals surface area (Å²) in [5.74, 6) is 3.64. The van der Waals surface area contributed by atoms with Gasteiger partial charge in [0.2, 0.25) is 11.8 Å². The Balaban J connectivity index is 0.000000131. The van der Waals surface area contributed by atoms with Crippen molar-refractivity contribution in [1.29, 1.82) is 0 Å². The number of nitrogens with zero attached hydrogens (tertiary/aromatic N) is 12. The molecule has 20 rings (SSSR count). The van der Waals surface area contributed by atoms with E-state index in [1.165, 1.54) is 20.2 Å². The van der Waals surface area contributed by atoms with Crippen LogP contribution in [0.2, 0.25) is 0 Å². The molecule has 142 heavy (non-hydrogen) atoms. The Kier molecular flexibility index (Phi) is 35.5. The molecule has 8 aliphatic rings. The van der Waals surface area contributed by atoms with Crippen molar-refractivity contribution in [2.45, 2.75) is 89.0 Å². The lowest BCUT2D eigenvalue weighted by atomic mass is 10.1. The van der Waals surface area contributed by atoms with E-state index >= 15 is 0 Å². The highest BCUT2D eigenvalue weighted by molar-refractivity contribution is 8.00. The Labute approximate surface area is 847 Å². The zero-order chi connectivity index (χ0) is 97.9. The van der Waals surface area contributed by atoms with E-state index in [2.05, 4.69) is 145 Å². The summed E-state index contributed by atoms with van der Waals surface area (Å²) in [5.41, 5.74) is 36.9. The third kappa shape index (κ3) is 27.1. The van der Waals surface area contributed by atoms with Crippen LogP contribution in [0.5, 0.6) is 11.5 Å². The summed E-state index contributed by atoms with van der Waals surface area (Å²) < 4.78 is 22.0. The second kappa shape index (κ2) is 50.2. The molecular weight excluding hydrogens is 1860 g/mol. The number of ether oxygens (including phenoxy) is 4. The summed E-state index contributed by atoms with van der Waals surface area (Å²) in [7, 11) is 0. The van der Waals surface area contributed by atoms with E-state index in [0.29, 0.717) is 91.4 Å². The molecule has 0 radical (unpaired) electrons. The molecule has 30 heteroatoms. The molecule has 8 heterocycles. The van der Waals surface area contributed by atoms with Crippen LogP contribution in [0, 0.1) is 0 Å². The number of amides is 2. The number of nitrogens with two attached hydrogens (primary N) is 4. The van der Waals surface area contributed by atoms with Crippen molar-refractivity contribution < 1.29 is 48.3 Å². The summed E-state index contributed by atoms with van der Waals surface area (Å²) >= 11 is 6.80. The lowest BCUT2D eigenvalue weighted by Gasteiger charge is -2.37. The summed E-state index contributed by atoms with van der Waals surface area (Å²) in [6.45, 7) is 16.6. The number of rotatable bonds is 24. The molecule has 732 valence electrons. The molecule has 12 aromatic carbocycles. The zero-order valence-corrected chi connectivity index (χ0v) is 82.7. The monoisotopic (exact) mass is 1980 g/mol. The number of carbonyl (C=O) groups is 4. The predicted octanol–water partition coefficient (Wildman–Crippen LogP) is 15.3. The van der Waals surface area contributed by atoms with Crippen LogP contribution in [-0.4, -0.2) is 278 Å². The van der Waals surface area contributed by atoms with Gasteiger partial charge in [-0.15, -0.1) is 0 Å². The van der Waals surface area contributed by atoms with Crippen LogP contribution < -0.4 is 22.9 Å². The molecule has 26 nitrogen and oxygen atoms in total. The van der Waals surface area contributed by atoms with Crippen molar-refractivity contribution >= 4 is 117 Å². The number of hydrogen-bond acceptors (Lipinski definition) is 28. The molecule has 12 aromatic rings. The van der Waals surface area contributed by atoms with Gasteiger partial charge < -0.3 is 81.5 Å². The first kappa shape index (κ1) is 101. The summed E-state index contributed by atoms with van der Waals surface area (Å²) in [6, 6.07) is 97.6. The van der Waals surface area contributed by atoms with E-state index in [1.54, 1.807) is 71.3 Å². The van der Waals surface area contributed by atoms with Crippen LogP contribution >= 0.6 is 47.0 Å². The molecule has 0 saturated carbocycles. The molecule has 2 amide bonds. The molecule has 0 bridgehead atoms. The van der Waals surface area contributed by atoms with Crippen LogP contribution in [0.25, 0.3) is 0 Å². The topological polar surface area (TPSA) is 325 Å². The minimum absolute atomic E-state index is 0.00177. The number of piperazine rings is 4. The van der Waals surface area contributed by atoms with Crippen molar-refractivity contribution in [2.24, 2.45) is 42.9 Å². The average Bonchev–Trinajstić information content (AvgIpc) is 1.69. The largest absolute Gasteiger partial charge is 0.508 e. The molecule has 4 atom stereocenters. The van der Waals surface area contributed by atoms with Crippen molar-refractivity contribution in [2.75, 3.05) is 157 Å². The third-order valence-corrected chi connectivity index (χ3v) is 30.0. The van der Waals surface area contributed by atoms with Crippen LogP contribution in [0.3, 0.4) is 0 Å². The van der Waals surface area contributed by atoms with E-state index in [4.69, 9.17) is 61.9 Å². The Morgan fingerprint density at radius 1 is 0.275 bits per heavy atom. The van der Waals surface area contributed by atoms with Gasteiger partial charge >= 0.3 is 11.9 Å². The number of phenolic OH excluding ortho intramolecular Hbond substituents is 2. The quantitative estimate of drug-likeness (QED) is 0.0242. The first-order valence-corrected chi connectivity index (χ1v) is 51.7. The minimum atomic E-state index is -0.673. The van der Waals surface area contributed by atoms with Crippen LogP contribution in [0.1, 0.15) is 44.5 Å². The van der Waals surface area contributed by atoms with Gasteiger partial charge in [-0.3, -0.25) is 29.0 Å². The fourth-order valence-electron chi connectivity index (χ4n) is 17.9. The van der Waals surface area contributed by atoms with E-state index in [0.717, 1.165) is 188 Å². The van der Waals surface area contributed by atoms with Crippen LogP contribution in [0.4, 0.5) is 22.7 Å². The van der Waals surface area contributed by atoms with E-state index in [-0.39, 0.29) is 36.5 Å². The number of aliphatic imine (C=N–C) groups is 4. The van der Waals surface area contributed by atoms with Gasteiger partial charge in [-0.1, -0.05) is 265 Å². The van der Waals surface area contributed by atoms with Crippen LogP contribution in [0.15, 0.2) is 362 Å². The smallest absolute Gasteiger partial charge is 0.323 e. The van der Waals surface area contributed by atoms with Gasteiger partial charge in [-0.2, -0.15) is 0 Å². The number of aromatic hydroxyl groups is 2. The molecule has 0 spiro atoms. The Morgan fingerprint density at radius 3 is 0.838 bits per heavy atom. The summed E-state index contributed by atoms with van der Waals surface area (Å²) in [6.07, 6.45) is 2.03. The first-order valence-electron chi connectivity index (χ1n) is 48.5. The zero-order valence-electron chi connectivity index (χ0n) is 79.4. The molecule has 0 aliphatic carbocycles. The molecule has 4 saturated heterocycles. The second-order valence-electron chi connectivity index (χ2n) is 35.4. The number of phenols is 2. The number of hydrogen-bond donors (Lipinski definition) is 6. The highest BCUT2D eigenvalue weighted by atomic mass is 32.2. The van der Waals surface area contributed by atoms with Crippen molar-refractivity contribution in [3.05, 3.63) is 348 Å². The molecule has 10 N–H and O–H groups in total. The lowest BCUT2D eigenvalue weighted by molar-refractivity contribution is -0.147. The fourth-order valence-corrected chi connectivity index (χ4v) is 22.0. The number of esters is 2. The van der Waals surface area contributed by atoms with Gasteiger partial charge in [0.1, 0.15) is 60.1 Å². The van der Waals surface area contributed by atoms with Gasteiger partial charge in [0.05, 0.1) is 61.3 Å². The van der Waals surface area contributed by atoms with E-state index < -0.39 is 36.1 Å². The SMILES string of the molecule is NC(Cc1ccccc1)C(=O)N1CCN(C2=Nc3ccc(O)cc3Sc3ccccc32)CC1.NC(Cc1ccccc1)C(=O)N1CCN(C2=Nc3ccccc3Sc3ccccc32)CC1.NC(Cc1ccccc1)C(=O)OCCOCCN1CCN(C2=Nc3ccc(O)cc3Sc3ccccc32)CC1.NC(Cc1ccccc1)C(=O)OCCOCCN1CCN(C2=Nc3ccccc3Sc3ccccc32)CC1. The Hall–Kier alpha value is -12.9. The van der Waals surface area contributed by atoms with Gasteiger partial charge in [-0.25, -0.2) is 20.0 Å². The first-order chi connectivity index (χ1) is 69.5. The van der Waals surface area contributed by atoms with E-state index in [1.807, 2.05) is 174 Å². The summed E-state index contributed by atoms with van der Waals surface area (Å²) in [5, 5.41) is 19.9. The maximum Gasteiger partial charge on any atom is 0.323 e. The predicted molar refractivity (Wildman–Crippen MR) is 565 cm³/mol. The van der Waals surface area contributed by atoms with Crippen molar-refractivity contribution in [1.82, 2.24) is 39.2 Å².